The van der Waals surface area contributed by atoms with Crippen LogP contribution < -0.4 is 0 Å². The highest BCUT2D eigenvalue weighted by Crippen LogP contribution is 2.33. The van der Waals surface area contributed by atoms with Crippen molar-refractivity contribution in [3.8, 4) is 0 Å². The first-order valence-electron chi connectivity index (χ1n) is 3.72. The molecule has 68 valence electrons. The lowest BCUT2D eigenvalue weighted by Gasteiger charge is -2.04. The summed E-state index contributed by atoms with van der Waals surface area (Å²) in [7, 11) is 0. The molecule has 0 saturated carbocycles. The van der Waals surface area contributed by atoms with Gasteiger partial charge >= 0.3 is 0 Å². The number of hydrogen-bond acceptors (Lipinski definition) is 3. The molecule has 0 aliphatic carbocycles. The minimum atomic E-state index is 0.0830. The Morgan fingerprint density at radius 2 is 2.31 bits per heavy atom. The van der Waals surface area contributed by atoms with Crippen molar-refractivity contribution in [2.75, 3.05) is 0 Å². The fraction of sp³-hybridized carbons (Fsp3) is 0.111. The number of fused-ring (bicyclic) bond motifs is 1. The third-order valence-corrected chi connectivity index (χ3v) is 4.80. The van der Waals surface area contributed by atoms with E-state index in [4.69, 9.17) is 5.11 Å². The molecule has 0 spiro atoms. The zero-order chi connectivity index (χ0) is 9.42. The van der Waals surface area contributed by atoms with Crippen LogP contribution >= 0.6 is 46.6 Å². The molecule has 1 N–H and O–H groups in total. The van der Waals surface area contributed by atoms with Crippen LogP contribution in [0.15, 0.2) is 22.4 Å². The van der Waals surface area contributed by atoms with Crippen molar-refractivity contribution in [3.05, 3.63) is 26.6 Å². The van der Waals surface area contributed by atoms with Gasteiger partial charge in [0, 0.05) is 18.6 Å². The standard InChI is InChI=1S/C9H7IOS2/c10-8-5(4-11)3-7(12)6-1-2-13-9(6)8/h1-3,11-12H,4H2. The number of rotatable bonds is 1. The average Bonchev–Trinajstić information content (AvgIpc) is 2.60. The molecule has 0 bridgehead atoms. The minimum Gasteiger partial charge on any atom is -0.392 e. The largest absolute Gasteiger partial charge is 0.392 e. The molecular formula is C9H7IOS2. The highest BCUT2D eigenvalue weighted by atomic mass is 127. The summed E-state index contributed by atoms with van der Waals surface area (Å²) in [6.07, 6.45) is 0. The van der Waals surface area contributed by atoms with Gasteiger partial charge in [-0.05, 0) is 45.7 Å². The molecule has 1 aromatic heterocycles. The fourth-order valence-corrected chi connectivity index (χ4v) is 3.54. The van der Waals surface area contributed by atoms with E-state index in [0.29, 0.717) is 0 Å². The molecule has 1 nitrogen and oxygen atoms in total. The van der Waals surface area contributed by atoms with E-state index in [1.54, 1.807) is 11.3 Å². The van der Waals surface area contributed by atoms with Crippen molar-refractivity contribution < 1.29 is 5.11 Å². The van der Waals surface area contributed by atoms with Crippen LogP contribution in [0.3, 0.4) is 0 Å². The molecule has 4 heteroatoms. The van der Waals surface area contributed by atoms with Gasteiger partial charge < -0.3 is 5.11 Å². The lowest BCUT2D eigenvalue weighted by atomic mass is 10.2. The molecule has 0 saturated heterocycles. The second-order valence-corrected chi connectivity index (χ2v) is 5.17. The Morgan fingerprint density at radius 1 is 1.54 bits per heavy atom. The van der Waals surface area contributed by atoms with E-state index in [1.807, 2.05) is 11.4 Å². The van der Waals surface area contributed by atoms with Crippen LogP contribution in [0.2, 0.25) is 0 Å². The Labute approximate surface area is 99.3 Å². The summed E-state index contributed by atoms with van der Waals surface area (Å²) in [4.78, 5) is 0.945. The minimum absolute atomic E-state index is 0.0830. The summed E-state index contributed by atoms with van der Waals surface area (Å²) in [5.41, 5.74) is 0.959. The summed E-state index contributed by atoms with van der Waals surface area (Å²) >= 11 is 8.34. The third-order valence-electron chi connectivity index (χ3n) is 1.90. The van der Waals surface area contributed by atoms with Gasteiger partial charge in [-0.15, -0.1) is 24.0 Å². The summed E-state index contributed by atoms with van der Waals surface area (Å²) in [6.45, 7) is 0.0830. The first-order chi connectivity index (χ1) is 6.24. The second kappa shape index (κ2) is 3.76. The van der Waals surface area contributed by atoms with Gasteiger partial charge in [0.2, 0.25) is 0 Å². The first-order valence-corrected chi connectivity index (χ1v) is 6.13. The van der Waals surface area contributed by atoms with Crippen LogP contribution in [-0.4, -0.2) is 5.11 Å². The average molecular weight is 322 g/mol. The molecule has 2 rings (SSSR count). The predicted molar refractivity (Wildman–Crippen MR) is 67.7 cm³/mol. The molecular weight excluding hydrogens is 315 g/mol. The topological polar surface area (TPSA) is 20.2 Å². The van der Waals surface area contributed by atoms with Gasteiger partial charge in [-0.2, -0.15) is 0 Å². The van der Waals surface area contributed by atoms with Gasteiger partial charge in [0.25, 0.3) is 0 Å². The number of benzene rings is 1. The Bertz CT molecular complexity index is 450. The monoisotopic (exact) mass is 322 g/mol. The predicted octanol–water partition coefficient (Wildman–Crippen LogP) is 3.29. The molecule has 1 heterocycles. The molecule has 13 heavy (non-hydrogen) atoms. The quantitative estimate of drug-likeness (QED) is 0.610. The molecule has 0 aliphatic rings. The van der Waals surface area contributed by atoms with E-state index >= 15 is 0 Å². The van der Waals surface area contributed by atoms with E-state index in [0.717, 1.165) is 14.0 Å². The van der Waals surface area contributed by atoms with Crippen molar-refractivity contribution in [2.24, 2.45) is 0 Å². The van der Waals surface area contributed by atoms with Crippen LogP contribution in [0.5, 0.6) is 0 Å². The SMILES string of the molecule is OCc1cc(S)c2ccsc2c1I. The second-order valence-electron chi connectivity index (χ2n) is 2.69. The van der Waals surface area contributed by atoms with E-state index in [1.165, 1.54) is 10.1 Å². The van der Waals surface area contributed by atoms with Crippen LogP contribution in [0.4, 0.5) is 0 Å². The Balaban J connectivity index is 2.85. The lowest BCUT2D eigenvalue weighted by Crippen LogP contribution is -1.88. The van der Waals surface area contributed by atoms with Gasteiger partial charge in [0.05, 0.1) is 6.61 Å². The molecule has 0 radical (unpaired) electrons. The van der Waals surface area contributed by atoms with Crippen molar-refractivity contribution in [1.29, 1.82) is 0 Å². The summed E-state index contributed by atoms with van der Waals surface area (Å²) in [5, 5.41) is 12.3. The summed E-state index contributed by atoms with van der Waals surface area (Å²) in [5.74, 6) is 0. The molecule has 0 amide bonds. The molecule has 1 aromatic carbocycles. The van der Waals surface area contributed by atoms with Gasteiger partial charge in [-0.25, -0.2) is 0 Å². The van der Waals surface area contributed by atoms with Gasteiger partial charge in [-0.1, -0.05) is 0 Å². The van der Waals surface area contributed by atoms with E-state index in [2.05, 4.69) is 41.3 Å². The van der Waals surface area contributed by atoms with E-state index in [-0.39, 0.29) is 6.61 Å². The fourth-order valence-electron chi connectivity index (χ4n) is 1.25. The Kier molecular flexibility index (Phi) is 2.83. The van der Waals surface area contributed by atoms with Crippen LogP contribution in [0, 0.1) is 3.57 Å². The third kappa shape index (κ3) is 1.60. The number of aliphatic hydroxyl groups excluding tert-OH is 1. The number of halogens is 1. The van der Waals surface area contributed by atoms with Crippen LogP contribution in [0.1, 0.15) is 5.56 Å². The van der Waals surface area contributed by atoms with Crippen molar-refractivity contribution >= 4 is 56.6 Å². The van der Waals surface area contributed by atoms with Gasteiger partial charge in [0.1, 0.15) is 0 Å². The van der Waals surface area contributed by atoms with E-state index < -0.39 is 0 Å². The maximum Gasteiger partial charge on any atom is 0.0693 e. The molecule has 0 aliphatic heterocycles. The van der Waals surface area contributed by atoms with Crippen LogP contribution in [-0.2, 0) is 6.61 Å². The van der Waals surface area contributed by atoms with Crippen molar-refractivity contribution in [3.63, 3.8) is 0 Å². The summed E-state index contributed by atoms with van der Waals surface area (Å²) in [6, 6.07) is 3.99. The maximum atomic E-state index is 9.11. The molecule has 0 atom stereocenters. The maximum absolute atomic E-state index is 9.11. The lowest BCUT2D eigenvalue weighted by molar-refractivity contribution is 0.281. The summed E-state index contributed by atoms with van der Waals surface area (Å²) < 4.78 is 2.36. The van der Waals surface area contributed by atoms with Gasteiger partial charge in [-0.3, -0.25) is 0 Å². The highest BCUT2D eigenvalue weighted by molar-refractivity contribution is 14.1. The Morgan fingerprint density at radius 3 is 3.00 bits per heavy atom. The zero-order valence-electron chi connectivity index (χ0n) is 6.62. The molecule has 0 unspecified atom stereocenters. The number of hydrogen-bond donors (Lipinski definition) is 2. The van der Waals surface area contributed by atoms with Crippen molar-refractivity contribution in [2.45, 2.75) is 11.5 Å². The number of thiophene rings is 1. The molecule has 0 fully saturated rings. The normalized spacial score (nSPS) is 11.0. The number of aliphatic hydroxyl groups is 1. The zero-order valence-corrected chi connectivity index (χ0v) is 10.5. The van der Waals surface area contributed by atoms with Crippen molar-refractivity contribution in [1.82, 2.24) is 0 Å². The van der Waals surface area contributed by atoms with Crippen LogP contribution in [0.25, 0.3) is 10.1 Å². The highest BCUT2D eigenvalue weighted by Gasteiger charge is 2.08. The van der Waals surface area contributed by atoms with E-state index in [9.17, 15) is 0 Å². The molecule has 2 aromatic rings. The van der Waals surface area contributed by atoms with Gasteiger partial charge in [0.15, 0.2) is 0 Å². The Hall–Kier alpha value is 0.220. The first kappa shape index (κ1) is 9.76. The number of thiol groups is 1. The smallest absolute Gasteiger partial charge is 0.0693 e.